The Morgan fingerprint density at radius 1 is 1.35 bits per heavy atom. The summed E-state index contributed by atoms with van der Waals surface area (Å²) in [5, 5.41) is 0.763. The summed E-state index contributed by atoms with van der Waals surface area (Å²) in [6.07, 6.45) is 3.79. The van der Waals surface area contributed by atoms with Crippen molar-refractivity contribution in [2.75, 3.05) is 20.1 Å². The Morgan fingerprint density at radius 3 is 2.85 bits per heavy atom. The summed E-state index contributed by atoms with van der Waals surface area (Å²) in [5.74, 6) is 0.817. The summed E-state index contributed by atoms with van der Waals surface area (Å²) in [7, 11) is 2.20. The molecule has 0 bridgehead atoms. The van der Waals surface area contributed by atoms with E-state index in [1.165, 1.54) is 32.4 Å². The van der Waals surface area contributed by atoms with Crippen LogP contribution in [0.2, 0.25) is 5.02 Å². The maximum absolute atomic E-state index is 6.10. The van der Waals surface area contributed by atoms with E-state index in [2.05, 4.69) is 21.5 Å². The first-order chi connectivity index (χ1) is 9.63. The molecule has 1 aromatic heterocycles. The molecule has 0 saturated carbocycles. The van der Waals surface area contributed by atoms with Gasteiger partial charge in [-0.1, -0.05) is 11.6 Å². The summed E-state index contributed by atoms with van der Waals surface area (Å²) >= 11 is 11.5. The fourth-order valence-corrected chi connectivity index (χ4v) is 3.48. The Labute approximate surface area is 129 Å². The number of aromatic amines is 1. The van der Waals surface area contributed by atoms with Crippen LogP contribution in [0.1, 0.15) is 19.3 Å². The topological polar surface area (TPSA) is 24.0 Å². The number of benzene rings is 1. The molecule has 1 aliphatic rings. The van der Waals surface area contributed by atoms with E-state index in [0.717, 1.165) is 33.3 Å². The number of fused-ring (bicyclic) bond motifs is 1. The molecule has 0 spiro atoms. The molecule has 0 aliphatic carbocycles. The second-order valence-electron chi connectivity index (χ2n) is 5.78. The van der Waals surface area contributed by atoms with Gasteiger partial charge in [-0.25, -0.2) is 0 Å². The van der Waals surface area contributed by atoms with Crippen LogP contribution in [0.3, 0.4) is 0 Å². The van der Waals surface area contributed by atoms with Crippen LogP contribution in [0.4, 0.5) is 0 Å². The smallest absolute Gasteiger partial charge is 0.178 e. The van der Waals surface area contributed by atoms with Crippen molar-refractivity contribution in [2.45, 2.75) is 25.8 Å². The predicted octanol–water partition coefficient (Wildman–Crippen LogP) is 4.08. The van der Waals surface area contributed by atoms with Crippen molar-refractivity contribution in [3.8, 4) is 0 Å². The molecule has 5 heteroatoms. The van der Waals surface area contributed by atoms with Gasteiger partial charge < -0.3 is 14.5 Å². The number of imidazole rings is 1. The molecule has 0 atom stereocenters. The van der Waals surface area contributed by atoms with Gasteiger partial charge in [-0.15, -0.1) is 0 Å². The number of hydrogen-bond donors (Lipinski definition) is 1. The molecule has 3 nitrogen and oxygen atoms in total. The molecule has 1 aromatic carbocycles. The van der Waals surface area contributed by atoms with Crippen LogP contribution in [0.5, 0.6) is 0 Å². The Bertz CT molecular complexity index is 653. The van der Waals surface area contributed by atoms with Crippen molar-refractivity contribution in [1.82, 2.24) is 14.5 Å². The minimum Gasteiger partial charge on any atom is -0.331 e. The molecule has 0 amide bonds. The van der Waals surface area contributed by atoms with Crippen molar-refractivity contribution in [3.05, 3.63) is 28.0 Å². The van der Waals surface area contributed by atoms with Crippen molar-refractivity contribution >= 4 is 34.9 Å². The third-order valence-electron chi connectivity index (χ3n) is 4.34. The number of nitrogens with zero attached hydrogens (tertiary/aromatic N) is 2. The maximum Gasteiger partial charge on any atom is 0.178 e. The van der Waals surface area contributed by atoms with E-state index in [1.807, 2.05) is 18.2 Å². The van der Waals surface area contributed by atoms with Crippen LogP contribution in [-0.4, -0.2) is 34.6 Å². The van der Waals surface area contributed by atoms with E-state index in [9.17, 15) is 0 Å². The summed E-state index contributed by atoms with van der Waals surface area (Å²) in [4.78, 5) is 5.67. The van der Waals surface area contributed by atoms with Gasteiger partial charge in [0.25, 0.3) is 0 Å². The molecule has 20 heavy (non-hydrogen) atoms. The number of nitrogens with one attached hydrogen (secondary N) is 1. The van der Waals surface area contributed by atoms with Crippen LogP contribution in [-0.2, 0) is 6.54 Å². The van der Waals surface area contributed by atoms with Gasteiger partial charge in [-0.2, -0.15) is 0 Å². The van der Waals surface area contributed by atoms with Crippen LogP contribution >= 0.6 is 23.8 Å². The molecule has 0 unspecified atom stereocenters. The Hall–Kier alpha value is -0.840. The zero-order valence-electron chi connectivity index (χ0n) is 11.7. The van der Waals surface area contributed by atoms with Gasteiger partial charge in [-0.05, 0) is 75.7 Å². The second kappa shape index (κ2) is 5.88. The number of piperidine rings is 1. The highest BCUT2D eigenvalue weighted by Gasteiger charge is 2.17. The molecule has 108 valence electrons. The van der Waals surface area contributed by atoms with Gasteiger partial charge in [0, 0.05) is 11.6 Å². The molecule has 2 aromatic rings. The van der Waals surface area contributed by atoms with Crippen molar-refractivity contribution in [3.63, 3.8) is 0 Å². The minimum absolute atomic E-state index is 0.763. The summed E-state index contributed by atoms with van der Waals surface area (Å²) < 4.78 is 2.99. The molecule has 2 heterocycles. The SMILES string of the molecule is CN1CCC(CCn2c(=S)[nH]c3ccc(Cl)cc32)CC1. The van der Waals surface area contributed by atoms with Crippen molar-refractivity contribution in [1.29, 1.82) is 0 Å². The van der Waals surface area contributed by atoms with Gasteiger partial charge in [-0.3, -0.25) is 0 Å². The highest BCUT2D eigenvalue weighted by atomic mass is 35.5. The summed E-state index contributed by atoms with van der Waals surface area (Å²) in [6.45, 7) is 3.42. The van der Waals surface area contributed by atoms with Gasteiger partial charge in [0.05, 0.1) is 11.0 Å². The largest absolute Gasteiger partial charge is 0.331 e. The van der Waals surface area contributed by atoms with E-state index < -0.39 is 0 Å². The fraction of sp³-hybridized carbons (Fsp3) is 0.533. The van der Waals surface area contributed by atoms with Gasteiger partial charge in [0.2, 0.25) is 0 Å². The third-order valence-corrected chi connectivity index (χ3v) is 4.89. The van der Waals surface area contributed by atoms with Crippen molar-refractivity contribution in [2.24, 2.45) is 5.92 Å². The second-order valence-corrected chi connectivity index (χ2v) is 6.60. The van der Waals surface area contributed by atoms with E-state index >= 15 is 0 Å². The lowest BCUT2D eigenvalue weighted by molar-refractivity contribution is 0.208. The number of halogens is 1. The molecular weight excluding hydrogens is 290 g/mol. The Balaban J connectivity index is 1.75. The van der Waals surface area contributed by atoms with Crippen molar-refractivity contribution < 1.29 is 0 Å². The van der Waals surface area contributed by atoms with Crippen LogP contribution in [0.15, 0.2) is 18.2 Å². The highest BCUT2D eigenvalue weighted by molar-refractivity contribution is 7.71. The zero-order chi connectivity index (χ0) is 14.1. The zero-order valence-corrected chi connectivity index (χ0v) is 13.3. The van der Waals surface area contributed by atoms with Crippen LogP contribution in [0.25, 0.3) is 11.0 Å². The van der Waals surface area contributed by atoms with E-state index in [0.29, 0.717) is 0 Å². The lowest BCUT2D eigenvalue weighted by Crippen LogP contribution is -2.30. The number of rotatable bonds is 3. The predicted molar refractivity (Wildman–Crippen MR) is 87.0 cm³/mol. The molecule has 1 aliphatic heterocycles. The van der Waals surface area contributed by atoms with Crippen LogP contribution < -0.4 is 0 Å². The number of aromatic nitrogens is 2. The van der Waals surface area contributed by atoms with E-state index in [1.54, 1.807) is 0 Å². The maximum atomic E-state index is 6.10. The summed E-state index contributed by atoms with van der Waals surface area (Å²) in [5.41, 5.74) is 2.19. The highest BCUT2D eigenvalue weighted by Crippen LogP contribution is 2.23. The van der Waals surface area contributed by atoms with E-state index in [-0.39, 0.29) is 0 Å². The lowest BCUT2D eigenvalue weighted by atomic mass is 9.94. The minimum atomic E-state index is 0.763. The third kappa shape index (κ3) is 2.92. The van der Waals surface area contributed by atoms with Gasteiger partial charge >= 0.3 is 0 Å². The number of H-pyrrole nitrogens is 1. The summed E-state index contributed by atoms with van der Waals surface area (Å²) in [6, 6.07) is 5.90. The molecule has 1 saturated heterocycles. The Morgan fingerprint density at radius 2 is 2.10 bits per heavy atom. The molecule has 1 N–H and O–H groups in total. The quantitative estimate of drug-likeness (QED) is 0.864. The molecule has 3 rings (SSSR count). The monoisotopic (exact) mass is 309 g/mol. The normalized spacial score (nSPS) is 17.9. The standard InChI is InChI=1S/C15H20ClN3S/c1-18-7-4-11(5-8-18)6-9-19-14-10-12(16)2-3-13(14)17-15(19)20/h2-3,10-11H,4-9H2,1H3,(H,17,20). The van der Waals surface area contributed by atoms with Gasteiger partial charge in [0.15, 0.2) is 4.77 Å². The number of aryl methyl sites for hydroxylation is 1. The first-order valence-corrected chi connectivity index (χ1v) is 7.99. The molecule has 0 radical (unpaired) electrons. The Kier molecular flexibility index (Phi) is 4.15. The fourth-order valence-electron chi connectivity index (χ4n) is 3.01. The first-order valence-electron chi connectivity index (χ1n) is 7.20. The van der Waals surface area contributed by atoms with E-state index in [4.69, 9.17) is 23.8 Å². The average molecular weight is 310 g/mol. The average Bonchev–Trinajstić information content (AvgIpc) is 2.73. The van der Waals surface area contributed by atoms with Gasteiger partial charge in [0.1, 0.15) is 0 Å². The molecule has 1 fully saturated rings. The lowest BCUT2D eigenvalue weighted by Gasteiger charge is -2.28. The first kappa shape index (κ1) is 14.1. The number of likely N-dealkylation sites (tertiary alicyclic amines) is 1. The molecular formula is C15H20ClN3S. The van der Waals surface area contributed by atoms with Crippen LogP contribution in [0, 0.1) is 10.7 Å². The number of hydrogen-bond acceptors (Lipinski definition) is 2.